The number of hydrogen-bond donors (Lipinski definition) is 2. The van der Waals surface area contributed by atoms with Gasteiger partial charge in [-0.15, -0.1) is 0 Å². The third-order valence-corrected chi connectivity index (χ3v) is 5.42. The highest BCUT2D eigenvalue weighted by Crippen LogP contribution is 2.23. The lowest BCUT2D eigenvalue weighted by Crippen LogP contribution is -2.49. The number of nitrogens with zero attached hydrogens (tertiary/aromatic N) is 1. The first-order valence-corrected chi connectivity index (χ1v) is 7.27. The first kappa shape index (κ1) is 14.8. The zero-order valence-electron chi connectivity index (χ0n) is 10.4. The summed E-state index contributed by atoms with van der Waals surface area (Å²) in [7, 11) is -1.94. The average molecular weight is 266 g/mol. The highest BCUT2D eigenvalue weighted by atomic mass is 32.2. The van der Waals surface area contributed by atoms with E-state index in [-0.39, 0.29) is 13.1 Å². The first-order valence-electron chi connectivity index (χ1n) is 5.77. The molecule has 0 aliphatic carbocycles. The molecule has 0 aromatic carbocycles. The smallest absolute Gasteiger partial charge is 0.217 e. The fourth-order valence-electron chi connectivity index (χ4n) is 1.84. The second-order valence-electron chi connectivity index (χ2n) is 4.68. The summed E-state index contributed by atoms with van der Waals surface area (Å²) in [5, 5.41) is 9.61. The fourth-order valence-corrected chi connectivity index (χ4v) is 3.12. The molecule has 1 aliphatic rings. The number of hydrogen-bond acceptors (Lipinski definition) is 5. The van der Waals surface area contributed by atoms with Crippen molar-refractivity contribution in [1.29, 1.82) is 0 Å². The standard InChI is InChI=1S/C10H22N2O4S/c1-9(7-11)17(14,15)12(2)8-10(13)3-5-16-6-4-10/h9,13H,3-8,11H2,1-2H3. The molecule has 1 heterocycles. The topological polar surface area (TPSA) is 92.9 Å². The molecule has 1 saturated heterocycles. The highest BCUT2D eigenvalue weighted by Gasteiger charge is 2.35. The summed E-state index contributed by atoms with van der Waals surface area (Å²) in [6.45, 7) is 2.69. The molecule has 1 rings (SSSR count). The van der Waals surface area contributed by atoms with E-state index >= 15 is 0 Å². The van der Waals surface area contributed by atoms with Crippen LogP contribution in [0.5, 0.6) is 0 Å². The normalized spacial score (nSPS) is 22.6. The highest BCUT2D eigenvalue weighted by molar-refractivity contribution is 7.89. The summed E-state index contributed by atoms with van der Waals surface area (Å²) in [5.74, 6) is 0. The van der Waals surface area contributed by atoms with Gasteiger partial charge >= 0.3 is 0 Å². The molecule has 0 amide bonds. The third-order valence-electron chi connectivity index (χ3n) is 3.22. The average Bonchev–Trinajstić information content (AvgIpc) is 2.28. The summed E-state index contributed by atoms with van der Waals surface area (Å²) < 4.78 is 30.3. The van der Waals surface area contributed by atoms with Crippen LogP contribution >= 0.6 is 0 Å². The number of rotatable bonds is 5. The lowest BCUT2D eigenvalue weighted by molar-refractivity contribution is -0.0690. The fraction of sp³-hybridized carbons (Fsp3) is 1.00. The van der Waals surface area contributed by atoms with Gasteiger partial charge in [0.25, 0.3) is 0 Å². The molecule has 102 valence electrons. The van der Waals surface area contributed by atoms with Crippen molar-refractivity contribution in [2.75, 3.05) is 33.4 Å². The molecule has 17 heavy (non-hydrogen) atoms. The van der Waals surface area contributed by atoms with Crippen LogP contribution in [0.4, 0.5) is 0 Å². The molecule has 1 unspecified atom stereocenters. The molecule has 0 saturated carbocycles. The van der Waals surface area contributed by atoms with Crippen molar-refractivity contribution >= 4 is 10.0 Å². The summed E-state index contributed by atoms with van der Waals surface area (Å²) in [4.78, 5) is 0. The minimum Gasteiger partial charge on any atom is -0.388 e. The number of likely N-dealkylation sites (N-methyl/N-ethyl adjacent to an activating group) is 1. The first-order chi connectivity index (χ1) is 7.82. The second kappa shape index (κ2) is 5.62. The van der Waals surface area contributed by atoms with E-state index in [1.165, 1.54) is 11.4 Å². The van der Waals surface area contributed by atoms with E-state index in [0.29, 0.717) is 26.1 Å². The van der Waals surface area contributed by atoms with E-state index in [9.17, 15) is 13.5 Å². The molecule has 0 aromatic rings. The summed E-state index contributed by atoms with van der Waals surface area (Å²) in [5.41, 5.74) is 4.40. The number of nitrogens with two attached hydrogens (primary N) is 1. The summed E-state index contributed by atoms with van der Waals surface area (Å²) in [6, 6.07) is 0. The minimum absolute atomic E-state index is 0.0776. The van der Waals surface area contributed by atoms with E-state index in [1.54, 1.807) is 6.92 Å². The van der Waals surface area contributed by atoms with E-state index in [0.717, 1.165) is 0 Å². The maximum atomic E-state index is 12.0. The predicted octanol–water partition coefficient (Wildman–Crippen LogP) is -0.863. The van der Waals surface area contributed by atoms with Crippen molar-refractivity contribution in [3.8, 4) is 0 Å². The zero-order chi connectivity index (χ0) is 13.1. The number of ether oxygens (including phenoxy) is 1. The van der Waals surface area contributed by atoms with Crippen molar-refractivity contribution in [1.82, 2.24) is 4.31 Å². The van der Waals surface area contributed by atoms with Gasteiger partial charge in [0.15, 0.2) is 0 Å². The maximum Gasteiger partial charge on any atom is 0.217 e. The minimum atomic E-state index is -3.42. The van der Waals surface area contributed by atoms with Gasteiger partial charge in [0.1, 0.15) is 0 Å². The maximum absolute atomic E-state index is 12.0. The van der Waals surface area contributed by atoms with Crippen molar-refractivity contribution in [2.24, 2.45) is 5.73 Å². The van der Waals surface area contributed by atoms with Crippen LogP contribution in [0.15, 0.2) is 0 Å². The van der Waals surface area contributed by atoms with Crippen molar-refractivity contribution in [2.45, 2.75) is 30.6 Å². The molecule has 7 heteroatoms. The van der Waals surface area contributed by atoms with E-state index in [2.05, 4.69) is 0 Å². The Morgan fingerprint density at radius 2 is 2.00 bits per heavy atom. The SMILES string of the molecule is CC(CN)S(=O)(=O)N(C)CC1(O)CCOCC1. The van der Waals surface area contributed by atoms with Gasteiger partial charge in [-0.2, -0.15) is 0 Å². The monoisotopic (exact) mass is 266 g/mol. The van der Waals surface area contributed by atoms with Gasteiger partial charge in [-0.3, -0.25) is 0 Å². The third kappa shape index (κ3) is 3.62. The Labute approximate surface area is 103 Å². The molecular formula is C10H22N2O4S. The van der Waals surface area contributed by atoms with Crippen LogP contribution < -0.4 is 5.73 Å². The zero-order valence-corrected chi connectivity index (χ0v) is 11.2. The van der Waals surface area contributed by atoms with Crippen molar-refractivity contribution < 1.29 is 18.3 Å². The molecule has 0 aromatic heterocycles. The Morgan fingerprint density at radius 1 is 1.47 bits per heavy atom. The molecule has 3 N–H and O–H groups in total. The Morgan fingerprint density at radius 3 is 2.47 bits per heavy atom. The molecule has 1 fully saturated rings. The van der Waals surface area contributed by atoms with Crippen LogP contribution in [-0.4, -0.2) is 62.0 Å². The van der Waals surface area contributed by atoms with E-state index < -0.39 is 20.9 Å². The molecular weight excluding hydrogens is 244 g/mol. The van der Waals surface area contributed by atoms with Crippen LogP contribution in [0.1, 0.15) is 19.8 Å². The molecule has 0 radical (unpaired) electrons. The summed E-state index contributed by atoms with van der Waals surface area (Å²) in [6.07, 6.45) is 0.924. The Kier molecular flexibility index (Phi) is 4.91. The van der Waals surface area contributed by atoms with Crippen molar-refractivity contribution in [3.63, 3.8) is 0 Å². The molecule has 1 atom stereocenters. The van der Waals surface area contributed by atoms with Crippen LogP contribution in [-0.2, 0) is 14.8 Å². The van der Waals surface area contributed by atoms with Gasteiger partial charge < -0.3 is 15.6 Å². The Balaban J connectivity index is 2.68. The largest absolute Gasteiger partial charge is 0.388 e. The molecule has 0 spiro atoms. The quantitative estimate of drug-likeness (QED) is 0.675. The van der Waals surface area contributed by atoms with Gasteiger partial charge in [-0.1, -0.05) is 0 Å². The number of aliphatic hydroxyl groups is 1. The van der Waals surface area contributed by atoms with E-state index in [1.807, 2.05) is 0 Å². The summed E-state index contributed by atoms with van der Waals surface area (Å²) >= 11 is 0. The molecule has 6 nitrogen and oxygen atoms in total. The molecule has 0 bridgehead atoms. The van der Waals surface area contributed by atoms with Gasteiger partial charge in [-0.05, 0) is 6.92 Å². The van der Waals surface area contributed by atoms with E-state index in [4.69, 9.17) is 10.5 Å². The van der Waals surface area contributed by atoms with Gasteiger partial charge in [-0.25, -0.2) is 12.7 Å². The van der Waals surface area contributed by atoms with Crippen LogP contribution in [0.25, 0.3) is 0 Å². The van der Waals surface area contributed by atoms with Crippen LogP contribution in [0.3, 0.4) is 0 Å². The lowest BCUT2D eigenvalue weighted by Gasteiger charge is -2.35. The van der Waals surface area contributed by atoms with Gasteiger partial charge in [0.05, 0.1) is 10.9 Å². The molecule has 1 aliphatic heterocycles. The second-order valence-corrected chi connectivity index (χ2v) is 7.14. The van der Waals surface area contributed by atoms with Gasteiger partial charge in [0.2, 0.25) is 10.0 Å². The van der Waals surface area contributed by atoms with Gasteiger partial charge in [0, 0.05) is 46.2 Å². The van der Waals surface area contributed by atoms with Crippen LogP contribution in [0, 0.1) is 0 Å². The predicted molar refractivity (Wildman–Crippen MR) is 65.1 cm³/mol. The van der Waals surface area contributed by atoms with Crippen molar-refractivity contribution in [3.05, 3.63) is 0 Å². The Hall–Kier alpha value is -0.210. The number of sulfonamides is 1. The van der Waals surface area contributed by atoms with Crippen LogP contribution in [0.2, 0.25) is 0 Å². The Bertz CT molecular complexity index is 338. The lowest BCUT2D eigenvalue weighted by atomic mass is 9.95.